The maximum atomic E-state index is 5.87. The van der Waals surface area contributed by atoms with E-state index in [0.29, 0.717) is 11.8 Å². The molecule has 0 radical (unpaired) electrons. The molecule has 0 fully saturated rings. The molecule has 1 aromatic carbocycles. The predicted octanol–water partition coefficient (Wildman–Crippen LogP) is 4.53. The zero-order chi connectivity index (χ0) is 13.1. The molecule has 0 amide bonds. The van der Waals surface area contributed by atoms with Gasteiger partial charge in [-0.25, -0.2) is 4.98 Å². The van der Waals surface area contributed by atoms with Crippen LogP contribution in [0.5, 0.6) is 0 Å². The molecule has 0 aliphatic heterocycles. The lowest BCUT2D eigenvalue weighted by Gasteiger charge is -2.04. The molecule has 1 N–H and O–H groups in total. The van der Waals surface area contributed by atoms with Gasteiger partial charge in [-0.3, -0.25) is 0 Å². The zero-order valence-electron chi connectivity index (χ0n) is 11.5. The number of rotatable bonds is 4. The largest absolute Gasteiger partial charge is 0.342 e. The van der Waals surface area contributed by atoms with E-state index in [0.717, 1.165) is 23.6 Å². The first-order valence-electron chi connectivity index (χ1n) is 6.29. The van der Waals surface area contributed by atoms with Crippen LogP contribution in [-0.4, -0.2) is 15.8 Å². The number of hydrogen-bond acceptors (Lipinski definition) is 1. The lowest BCUT2D eigenvalue weighted by atomic mass is 10.1. The van der Waals surface area contributed by atoms with Crippen LogP contribution in [0.3, 0.4) is 0 Å². The normalized spacial score (nSPS) is 12.0. The van der Waals surface area contributed by atoms with Crippen molar-refractivity contribution in [3.05, 3.63) is 41.2 Å². The number of H-pyrrole nitrogens is 1. The third-order valence-corrected chi connectivity index (χ3v) is 3.72. The fourth-order valence-electron chi connectivity index (χ4n) is 2.05. The van der Waals surface area contributed by atoms with E-state index in [1.165, 1.54) is 11.1 Å². The molecule has 0 aliphatic carbocycles. The van der Waals surface area contributed by atoms with Gasteiger partial charge in [0.05, 0.1) is 5.69 Å². The fourth-order valence-corrected chi connectivity index (χ4v) is 2.16. The first kappa shape index (κ1) is 16.1. The summed E-state index contributed by atoms with van der Waals surface area (Å²) >= 11 is 5.87. The lowest BCUT2D eigenvalue weighted by Crippen LogP contribution is -2.02. The Labute approximate surface area is 126 Å². The molecule has 2 aromatic rings. The molecule has 0 spiro atoms. The Morgan fingerprint density at radius 3 is 2.58 bits per heavy atom. The van der Waals surface area contributed by atoms with E-state index in [1.54, 1.807) is 0 Å². The summed E-state index contributed by atoms with van der Waals surface area (Å²) in [7, 11) is 0. The van der Waals surface area contributed by atoms with Crippen LogP contribution in [-0.2, 0) is 6.42 Å². The molecule has 2 rings (SSSR count). The monoisotopic (exact) mass is 298 g/mol. The fraction of sp³-hybridized carbons (Fsp3) is 0.400. The molecular formula is C15H20Cl2N2. The quantitative estimate of drug-likeness (QED) is 0.825. The summed E-state index contributed by atoms with van der Waals surface area (Å²) < 4.78 is 0. The Balaban J connectivity index is 0.00000180. The molecule has 0 bridgehead atoms. The van der Waals surface area contributed by atoms with Gasteiger partial charge in [0, 0.05) is 17.1 Å². The van der Waals surface area contributed by atoms with Crippen molar-refractivity contribution >= 4 is 24.0 Å². The summed E-state index contributed by atoms with van der Waals surface area (Å²) in [5, 5.41) is 0. The van der Waals surface area contributed by atoms with Crippen LogP contribution in [0.15, 0.2) is 24.3 Å². The van der Waals surface area contributed by atoms with Gasteiger partial charge in [0.1, 0.15) is 5.82 Å². The van der Waals surface area contributed by atoms with Gasteiger partial charge in [-0.05, 0) is 31.7 Å². The van der Waals surface area contributed by atoms with E-state index in [4.69, 9.17) is 16.6 Å². The summed E-state index contributed by atoms with van der Waals surface area (Å²) in [6.45, 7) is 6.33. The van der Waals surface area contributed by atoms with E-state index >= 15 is 0 Å². The van der Waals surface area contributed by atoms with E-state index in [9.17, 15) is 0 Å². The number of aryl methyl sites for hydroxylation is 2. The molecule has 4 heteroatoms. The van der Waals surface area contributed by atoms with Gasteiger partial charge < -0.3 is 4.98 Å². The highest BCUT2D eigenvalue weighted by molar-refractivity contribution is 6.18. The van der Waals surface area contributed by atoms with E-state index in [2.05, 4.69) is 37.9 Å². The number of halogens is 2. The highest BCUT2D eigenvalue weighted by Gasteiger charge is 2.12. The van der Waals surface area contributed by atoms with Crippen molar-refractivity contribution in [2.45, 2.75) is 27.2 Å². The molecule has 104 valence electrons. The first-order chi connectivity index (χ1) is 8.61. The smallest absolute Gasteiger partial charge is 0.138 e. The number of alkyl halides is 1. The van der Waals surface area contributed by atoms with Gasteiger partial charge in [0.2, 0.25) is 0 Å². The summed E-state index contributed by atoms with van der Waals surface area (Å²) in [4.78, 5) is 8.09. The van der Waals surface area contributed by atoms with Crippen molar-refractivity contribution in [2.24, 2.45) is 5.92 Å². The van der Waals surface area contributed by atoms with Crippen LogP contribution < -0.4 is 0 Å². The number of benzene rings is 1. The second kappa shape index (κ2) is 6.97. The number of imidazole rings is 1. The van der Waals surface area contributed by atoms with Gasteiger partial charge in [-0.1, -0.05) is 31.2 Å². The third-order valence-electron chi connectivity index (χ3n) is 3.19. The number of aromatic amines is 1. The Morgan fingerprint density at radius 1 is 1.26 bits per heavy atom. The molecule has 0 saturated heterocycles. The first-order valence-corrected chi connectivity index (χ1v) is 6.82. The highest BCUT2D eigenvalue weighted by Crippen LogP contribution is 2.22. The second-order valence-corrected chi connectivity index (χ2v) is 5.24. The average molecular weight is 299 g/mol. The topological polar surface area (TPSA) is 28.7 Å². The second-order valence-electron chi connectivity index (χ2n) is 4.94. The van der Waals surface area contributed by atoms with Crippen LogP contribution in [0.1, 0.15) is 23.9 Å². The molecule has 1 unspecified atom stereocenters. The molecule has 1 aromatic heterocycles. The summed E-state index contributed by atoms with van der Waals surface area (Å²) in [5.74, 6) is 2.09. The van der Waals surface area contributed by atoms with E-state index in [-0.39, 0.29) is 12.4 Å². The van der Waals surface area contributed by atoms with Crippen molar-refractivity contribution in [1.82, 2.24) is 9.97 Å². The highest BCUT2D eigenvalue weighted by atomic mass is 35.5. The minimum Gasteiger partial charge on any atom is -0.342 e. The number of aromatic nitrogens is 2. The molecule has 0 aliphatic rings. The molecule has 2 nitrogen and oxygen atoms in total. The van der Waals surface area contributed by atoms with Crippen molar-refractivity contribution < 1.29 is 0 Å². The maximum absolute atomic E-state index is 5.87. The van der Waals surface area contributed by atoms with Crippen molar-refractivity contribution in [3.63, 3.8) is 0 Å². The van der Waals surface area contributed by atoms with Crippen molar-refractivity contribution in [3.8, 4) is 11.4 Å². The minimum atomic E-state index is 0. The van der Waals surface area contributed by atoms with Gasteiger partial charge >= 0.3 is 0 Å². The third kappa shape index (κ3) is 3.74. The molecule has 1 heterocycles. The van der Waals surface area contributed by atoms with Crippen LogP contribution >= 0.6 is 24.0 Å². The molecule has 0 saturated carbocycles. The minimum absolute atomic E-state index is 0. The summed E-state index contributed by atoms with van der Waals surface area (Å²) in [5.41, 5.74) is 4.68. The van der Waals surface area contributed by atoms with Crippen LogP contribution in [0.25, 0.3) is 11.4 Å². The van der Waals surface area contributed by atoms with Crippen LogP contribution in [0.2, 0.25) is 0 Å². The Hall–Kier alpha value is -0.990. The Kier molecular flexibility index (Phi) is 5.89. The van der Waals surface area contributed by atoms with E-state index in [1.807, 2.05) is 12.1 Å². The standard InChI is InChI=1S/C15H19ClN2.ClH/c1-10(9-16)8-14-12(3)17-15(18-14)13-7-5-4-6-11(13)2;/h4-7,10H,8-9H2,1-3H3,(H,17,18);1H. The predicted molar refractivity (Wildman–Crippen MR) is 84.3 cm³/mol. The molecule has 1 atom stereocenters. The zero-order valence-corrected chi connectivity index (χ0v) is 13.1. The Bertz CT molecular complexity index is 535. The summed E-state index contributed by atoms with van der Waals surface area (Å²) in [6, 6.07) is 8.29. The number of nitrogens with zero attached hydrogens (tertiary/aromatic N) is 1. The Morgan fingerprint density at radius 2 is 1.95 bits per heavy atom. The van der Waals surface area contributed by atoms with E-state index < -0.39 is 0 Å². The SMILES string of the molecule is Cc1ccccc1-c1nc(CC(C)CCl)c(C)[nH]1.Cl. The van der Waals surface area contributed by atoms with Crippen molar-refractivity contribution in [2.75, 3.05) is 5.88 Å². The maximum Gasteiger partial charge on any atom is 0.138 e. The van der Waals surface area contributed by atoms with Crippen LogP contribution in [0, 0.1) is 19.8 Å². The lowest BCUT2D eigenvalue weighted by molar-refractivity contribution is 0.642. The number of nitrogens with one attached hydrogen (secondary N) is 1. The number of hydrogen-bond donors (Lipinski definition) is 1. The van der Waals surface area contributed by atoms with Gasteiger partial charge in [-0.15, -0.1) is 24.0 Å². The average Bonchev–Trinajstić information content (AvgIpc) is 2.71. The van der Waals surface area contributed by atoms with Crippen LogP contribution in [0.4, 0.5) is 0 Å². The van der Waals surface area contributed by atoms with Gasteiger partial charge in [-0.2, -0.15) is 0 Å². The van der Waals surface area contributed by atoms with Crippen molar-refractivity contribution in [1.29, 1.82) is 0 Å². The van der Waals surface area contributed by atoms with Gasteiger partial charge in [0.15, 0.2) is 0 Å². The molecule has 19 heavy (non-hydrogen) atoms. The summed E-state index contributed by atoms with van der Waals surface area (Å²) in [6.07, 6.45) is 0.928. The van der Waals surface area contributed by atoms with Gasteiger partial charge in [0.25, 0.3) is 0 Å². The molecular weight excluding hydrogens is 279 g/mol.